The zero-order valence-electron chi connectivity index (χ0n) is 6.70. The van der Waals surface area contributed by atoms with Gasteiger partial charge in [-0.05, 0) is 6.92 Å². The molecule has 0 saturated heterocycles. The number of hydrogen-bond acceptors (Lipinski definition) is 1. The number of nitrogens with zero attached hydrogens (tertiary/aromatic N) is 3. The van der Waals surface area contributed by atoms with Crippen LogP contribution in [0.5, 0.6) is 0 Å². The Bertz CT molecular complexity index is 156. The average molecular weight is 139 g/mol. The fourth-order valence-corrected chi connectivity index (χ4v) is 0.461. The van der Waals surface area contributed by atoms with Crippen molar-refractivity contribution in [3.05, 3.63) is 12.8 Å². The van der Waals surface area contributed by atoms with E-state index in [1.807, 2.05) is 25.9 Å². The molecule has 0 saturated carbocycles. The fourth-order valence-electron chi connectivity index (χ4n) is 0.461. The van der Waals surface area contributed by atoms with E-state index in [0.717, 1.165) is 0 Å². The van der Waals surface area contributed by atoms with E-state index in [9.17, 15) is 0 Å². The first-order valence-electron chi connectivity index (χ1n) is 3.07. The maximum atomic E-state index is 3.99. The zero-order valence-corrected chi connectivity index (χ0v) is 6.70. The van der Waals surface area contributed by atoms with E-state index in [2.05, 4.69) is 16.6 Å². The standard InChI is InChI=1S/C7H13N3/c1-5-8-7(9-6-2)10(3)4/h5-6H,1H2,2-4H3/b8-7+,9-6?. The summed E-state index contributed by atoms with van der Waals surface area (Å²) in [6.07, 6.45) is 3.17. The van der Waals surface area contributed by atoms with Crippen LogP contribution >= 0.6 is 0 Å². The number of guanidine groups is 1. The average Bonchev–Trinajstić information content (AvgIpc) is 1.87. The van der Waals surface area contributed by atoms with Gasteiger partial charge in [0.2, 0.25) is 5.96 Å². The van der Waals surface area contributed by atoms with Gasteiger partial charge < -0.3 is 4.90 Å². The van der Waals surface area contributed by atoms with Gasteiger partial charge in [-0.3, -0.25) is 0 Å². The molecule has 0 aliphatic carbocycles. The Morgan fingerprint density at radius 2 is 2.10 bits per heavy atom. The van der Waals surface area contributed by atoms with Crippen LogP contribution < -0.4 is 0 Å². The molecule has 0 bridgehead atoms. The van der Waals surface area contributed by atoms with E-state index < -0.39 is 0 Å². The van der Waals surface area contributed by atoms with E-state index in [4.69, 9.17) is 0 Å². The molecule has 3 nitrogen and oxygen atoms in total. The van der Waals surface area contributed by atoms with Crippen molar-refractivity contribution in [2.24, 2.45) is 9.98 Å². The van der Waals surface area contributed by atoms with Gasteiger partial charge >= 0.3 is 0 Å². The molecule has 0 atom stereocenters. The lowest BCUT2D eigenvalue weighted by molar-refractivity contribution is 0.615. The quantitative estimate of drug-likeness (QED) is 0.395. The minimum Gasteiger partial charge on any atom is -0.347 e. The molecule has 56 valence electrons. The van der Waals surface area contributed by atoms with Crippen LogP contribution in [0.15, 0.2) is 22.8 Å². The molecule has 0 radical (unpaired) electrons. The van der Waals surface area contributed by atoms with E-state index in [1.54, 1.807) is 6.21 Å². The summed E-state index contributed by atoms with van der Waals surface area (Å²) in [5, 5.41) is 0. The first kappa shape index (κ1) is 8.88. The van der Waals surface area contributed by atoms with Crippen molar-refractivity contribution in [1.29, 1.82) is 0 Å². The number of hydrogen-bond donors (Lipinski definition) is 0. The van der Waals surface area contributed by atoms with Gasteiger partial charge in [-0.2, -0.15) is 0 Å². The maximum absolute atomic E-state index is 3.99. The van der Waals surface area contributed by atoms with Crippen LogP contribution in [0.1, 0.15) is 6.92 Å². The molecule has 0 rings (SSSR count). The lowest BCUT2D eigenvalue weighted by Crippen LogP contribution is -2.19. The molecule has 3 heteroatoms. The third kappa shape index (κ3) is 3.02. The molecule has 0 aromatic carbocycles. The maximum Gasteiger partial charge on any atom is 0.224 e. The van der Waals surface area contributed by atoms with Crippen molar-refractivity contribution in [3.63, 3.8) is 0 Å². The van der Waals surface area contributed by atoms with Gasteiger partial charge in [-0.25, -0.2) is 9.98 Å². The molecule has 0 aliphatic rings. The third-order valence-corrected chi connectivity index (χ3v) is 0.851. The minimum atomic E-state index is 0.664. The summed E-state index contributed by atoms with van der Waals surface area (Å²) in [6.45, 7) is 5.33. The zero-order chi connectivity index (χ0) is 7.98. The van der Waals surface area contributed by atoms with Gasteiger partial charge in [-0.1, -0.05) is 6.58 Å². The van der Waals surface area contributed by atoms with E-state index in [0.29, 0.717) is 5.96 Å². The highest BCUT2D eigenvalue weighted by Gasteiger charge is 1.93. The Morgan fingerprint density at radius 1 is 1.50 bits per heavy atom. The van der Waals surface area contributed by atoms with Crippen LogP contribution in [0, 0.1) is 0 Å². The second-order valence-electron chi connectivity index (χ2n) is 1.89. The largest absolute Gasteiger partial charge is 0.347 e. The molecular weight excluding hydrogens is 126 g/mol. The van der Waals surface area contributed by atoms with Crippen molar-refractivity contribution in [3.8, 4) is 0 Å². The predicted molar refractivity (Wildman–Crippen MR) is 45.5 cm³/mol. The molecule has 0 aromatic rings. The second kappa shape index (κ2) is 4.73. The van der Waals surface area contributed by atoms with E-state index >= 15 is 0 Å². The fraction of sp³-hybridized carbons (Fsp3) is 0.429. The van der Waals surface area contributed by atoms with Gasteiger partial charge in [-0.15, -0.1) is 0 Å². The van der Waals surface area contributed by atoms with Crippen molar-refractivity contribution < 1.29 is 0 Å². The lowest BCUT2D eigenvalue weighted by Gasteiger charge is -2.08. The van der Waals surface area contributed by atoms with Crippen LogP contribution in [0.3, 0.4) is 0 Å². The molecule has 0 unspecified atom stereocenters. The lowest BCUT2D eigenvalue weighted by atomic mass is 10.7. The number of aliphatic imine (C=N–C) groups is 2. The minimum absolute atomic E-state index is 0.664. The molecule has 0 amide bonds. The molecular formula is C7H13N3. The summed E-state index contributed by atoms with van der Waals surface area (Å²) in [5.74, 6) is 0.664. The van der Waals surface area contributed by atoms with Crippen LogP contribution in [-0.4, -0.2) is 31.2 Å². The molecule has 0 aromatic heterocycles. The Balaban J connectivity index is 4.25. The molecule has 10 heavy (non-hydrogen) atoms. The van der Waals surface area contributed by atoms with Crippen LogP contribution in [0.4, 0.5) is 0 Å². The third-order valence-electron chi connectivity index (χ3n) is 0.851. The molecule has 0 N–H and O–H groups in total. The Hall–Kier alpha value is -1.12. The summed E-state index contributed by atoms with van der Waals surface area (Å²) in [7, 11) is 3.77. The van der Waals surface area contributed by atoms with Gasteiger partial charge in [0, 0.05) is 26.5 Å². The van der Waals surface area contributed by atoms with Crippen molar-refractivity contribution >= 4 is 12.2 Å². The smallest absolute Gasteiger partial charge is 0.224 e. The van der Waals surface area contributed by atoms with Crippen molar-refractivity contribution in [2.45, 2.75) is 6.92 Å². The van der Waals surface area contributed by atoms with E-state index in [1.165, 1.54) is 6.20 Å². The second-order valence-corrected chi connectivity index (χ2v) is 1.89. The first-order chi connectivity index (χ1) is 4.72. The summed E-state index contributed by atoms with van der Waals surface area (Å²) < 4.78 is 0. The molecule has 0 fully saturated rings. The van der Waals surface area contributed by atoms with Crippen LogP contribution in [0.2, 0.25) is 0 Å². The Labute approximate surface area is 61.8 Å². The monoisotopic (exact) mass is 139 g/mol. The highest BCUT2D eigenvalue weighted by molar-refractivity contribution is 5.87. The number of rotatable bonds is 1. The van der Waals surface area contributed by atoms with Crippen LogP contribution in [-0.2, 0) is 0 Å². The Kier molecular flexibility index (Phi) is 4.20. The SMILES string of the molecule is C=C/N=C(\N=CC)N(C)C. The highest BCUT2D eigenvalue weighted by atomic mass is 15.2. The summed E-state index contributed by atoms with van der Waals surface area (Å²) in [6, 6.07) is 0. The summed E-state index contributed by atoms with van der Waals surface area (Å²) >= 11 is 0. The molecule has 0 aliphatic heterocycles. The first-order valence-corrected chi connectivity index (χ1v) is 3.07. The molecule has 0 spiro atoms. The van der Waals surface area contributed by atoms with Crippen molar-refractivity contribution in [1.82, 2.24) is 4.90 Å². The van der Waals surface area contributed by atoms with E-state index in [-0.39, 0.29) is 0 Å². The van der Waals surface area contributed by atoms with Crippen LogP contribution in [0.25, 0.3) is 0 Å². The summed E-state index contributed by atoms with van der Waals surface area (Å²) in [4.78, 5) is 9.74. The van der Waals surface area contributed by atoms with Crippen molar-refractivity contribution in [2.75, 3.05) is 14.1 Å². The van der Waals surface area contributed by atoms with Gasteiger partial charge in [0.1, 0.15) is 0 Å². The topological polar surface area (TPSA) is 28.0 Å². The highest BCUT2D eigenvalue weighted by Crippen LogP contribution is 1.85. The van der Waals surface area contributed by atoms with Gasteiger partial charge in [0.05, 0.1) is 0 Å². The van der Waals surface area contributed by atoms with Gasteiger partial charge in [0.15, 0.2) is 0 Å². The summed E-state index contributed by atoms with van der Waals surface area (Å²) in [5.41, 5.74) is 0. The Morgan fingerprint density at radius 3 is 2.40 bits per heavy atom. The molecule has 0 heterocycles. The van der Waals surface area contributed by atoms with Gasteiger partial charge in [0.25, 0.3) is 0 Å². The predicted octanol–water partition coefficient (Wildman–Crippen LogP) is 1.14. The normalized spacial score (nSPS) is 12.1.